The van der Waals surface area contributed by atoms with Gasteiger partial charge in [0.15, 0.2) is 0 Å². The van der Waals surface area contributed by atoms with Crippen molar-refractivity contribution < 1.29 is 4.79 Å². The van der Waals surface area contributed by atoms with Gasteiger partial charge in [-0.05, 0) is 36.8 Å². The molecule has 2 aliphatic rings. The number of pyridine rings is 1. The Kier molecular flexibility index (Phi) is 3.74. The van der Waals surface area contributed by atoms with Crippen molar-refractivity contribution in [2.75, 3.05) is 13.1 Å². The van der Waals surface area contributed by atoms with E-state index >= 15 is 0 Å². The molecule has 0 N–H and O–H groups in total. The van der Waals surface area contributed by atoms with Crippen LogP contribution in [0, 0.1) is 11.8 Å². The van der Waals surface area contributed by atoms with E-state index in [1.165, 1.54) is 25.7 Å². The van der Waals surface area contributed by atoms with Crippen LogP contribution in [0.1, 0.15) is 42.5 Å². The van der Waals surface area contributed by atoms with E-state index in [1.54, 1.807) is 18.3 Å². The van der Waals surface area contributed by atoms with Crippen LogP contribution in [0.3, 0.4) is 0 Å². The normalized spacial score (nSPS) is 26.9. The minimum Gasteiger partial charge on any atom is -0.338 e. The first kappa shape index (κ1) is 12.9. The van der Waals surface area contributed by atoms with Crippen LogP contribution >= 0.6 is 11.6 Å². The number of nitrogens with zero attached hydrogens (tertiary/aromatic N) is 2. The highest BCUT2D eigenvalue weighted by Crippen LogP contribution is 2.36. The summed E-state index contributed by atoms with van der Waals surface area (Å²) in [7, 11) is 0. The Morgan fingerprint density at radius 2 is 2.05 bits per heavy atom. The van der Waals surface area contributed by atoms with Gasteiger partial charge in [0.25, 0.3) is 5.91 Å². The van der Waals surface area contributed by atoms with Crippen LogP contribution in [0.2, 0.25) is 5.15 Å². The van der Waals surface area contributed by atoms with Crippen LogP contribution in [-0.4, -0.2) is 28.9 Å². The number of hydrogen-bond donors (Lipinski definition) is 0. The maximum atomic E-state index is 12.5. The summed E-state index contributed by atoms with van der Waals surface area (Å²) in [6, 6.07) is 3.54. The number of piperidine rings is 1. The molecule has 0 aromatic carbocycles. The number of carbonyl (C=O) groups excluding carboxylic acids is 1. The predicted octanol–water partition coefficient (Wildman–Crippen LogP) is 3.39. The fourth-order valence-corrected chi connectivity index (χ4v) is 3.70. The average molecular weight is 279 g/mol. The van der Waals surface area contributed by atoms with E-state index in [1.807, 2.05) is 4.90 Å². The van der Waals surface area contributed by atoms with Gasteiger partial charge in [0, 0.05) is 19.3 Å². The first-order valence-electron chi connectivity index (χ1n) is 7.15. The molecule has 1 saturated heterocycles. The molecule has 2 unspecified atom stereocenters. The third kappa shape index (κ3) is 2.62. The molecule has 0 spiro atoms. The Bertz CT molecular complexity index is 477. The number of likely N-dealkylation sites (tertiary alicyclic amines) is 1. The molecule has 2 heterocycles. The second-order valence-electron chi connectivity index (χ2n) is 5.69. The lowest BCUT2D eigenvalue weighted by atomic mass is 9.75. The molecule has 1 amide bonds. The topological polar surface area (TPSA) is 33.2 Å². The molecule has 19 heavy (non-hydrogen) atoms. The van der Waals surface area contributed by atoms with E-state index in [9.17, 15) is 4.79 Å². The number of rotatable bonds is 1. The molecule has 102 valence electrons. The fourth-order valence-electron chi connectivity index (χ4n) is 3.50. The van der Waals surface area contributed by atoms with E-state index < -0.39 is 0 Å². The van der Waals surface area contributed by atoms with Gasteiger partial charge in [-0.3, -0.25) is 4.79 Å². The smallest absolute Gasteiger partial charge is 0.256 e. The van der Waals surface area contributed by atoms with Gasteiger partial charge in [0.05, 0.1) is 5.56 Å². The Morgan fingerprint density at radius 1 is 1.26 bits per heavy atom. The highest BCUT2D eigenvalue weighted by Gasteiger charge is 2.33. The fraction of sp³-hybridized carbons (Fsp3) is 0.600. The summed E-state index contributed by atoms with van der Waals surface area (Å²) in [5.74, 6) is 1.58. The second-order valence-corrected chi connectivity index (χ2v) is 6.04. The number of aromatic nitrogens is 1. The van der Waals surface area contributed by atoms with Gasteiger partial charge < -0.3 is 4.90 Å². The van der Waals surface area contributed by atoms with Gasteiger partial charge in [0.1, 0.15) is 5.15 Å². The summed E-state index contributed by atoms with van der Waals surface area (Å²) in [6.07, 6.45) is 8.07. The van der Waals surface area contributed by atoms with Gasteiger partial charge in [-0.15, -0.1) is 0 Å². The summed E-state index contributed by atoms with van der Waals surface area (Å²) < 4.78 is 0. The van der Waals surface area contributed by atoms with Crippen molar-refractivity contribution in [3.63, 3.8) is 0 Å². The standard InChI is InChI=1S/C15H19ClN2O/c16-14-13(6-3-8-17-14)15(19)18-9-7-11-4-1-2-5-12(11)10-18/h3,6,8,11-12H,1-2,4-5,7,9-10H2. The Morgan fingerprint density at radius 3 is 2.84 bits per heavy atom. The van der Waals surface area contributed by atoms with Crippen molar-refractivity contribution in [1.82, 2.24) is 9.88 Å². The molecule has 1 saturated carbocycles. The average Bonchev–Trinajstić information content (AvgIpc) is 2.46. The Balaban J connectivity index is 1.73. The number of amides is 1. The quantitative estimate of drug-likeness (QED) is 0.738. The van der Waals surface area contributed by atoms with Crippen molar-refractivity contribution in [3.8, 4) is 0 Å². The van der Waals surface area contributed by atoms with Crippen molar-refractivity contribution in [3.05, 3.63) is 29.0 Å². The maximum Gasteiger partial charge on any atom is 0.256 e. The van der Waals surface area contributed by atoms with Crippen LogP contribution in [0.25, 0.3) is 0 Å². The van der Waals surface area contributed by atoms with Gasteiger partial charge in [-0.25, -0.2) is 4.98 Å². The SMILES string of the molecule is O=C(c1cccnc1Cl)N1CCC2CCCCC2C1. The molecule has 1 aliphatic carbocycles. The molecule has 2 fully saturated rings. The highest BCUT2D eigenvalue weighted by molar-refractivity contribution is 6.32. The van der Waals surface area contributed by atoms with Crippen LogP contribution in [0.5, 0.6) is 0 Å². The molecule has 1 aromatic rings. The first-order valence-corrected chi connectivity index (χ1v) is 7.53. The van der Waals surface area contributed by atoms with E-state index in [4.69, 9.17) is 11.6 Å². The third-order valence-corrected chi connectivity index (χ3v) is 4.87. The van der Waals surface area contributed by atoms with E-state index in [0.29, 0.717) is 16.6 Å². The predicted molar refractivity (Wildman–Crippen MR) is 75.2 cm³/mol. The van der Waals surface area contributed by atoms with E-state index in [-0.39, 0.29) is 5.91 Å². The number of hydrogen-bond acceptors (Lipinski definition) is 2. The monoisotopic (exact) mass is 278 g/mol. The minimum atomic E-state index is 0.0436. The van der Waals surface area contributed by atoms with Crippen molar-refractivity contribution in [2.24, 2.45) is 11.8 Å². The first-order chi connectivity index (χ1) is 9.25. The molecule has 3 rings (SSSR count). The molecule has 1 aromatic heterocycles. The number of carbonyl (C=O) groups is 1. The minimum absolute atomic E-state index is 0.0436. The van der Waals surface area contributed by atoms with E-state index in [0.717, 1.165) is 25.4 Å². The van der Waals surface area contributed by atoms with Crippen LogP contribution in [0.15, 0.2) is 18.3 Å². The largest absolute Gasteiger partial charge is 0.338 e. The zero-order valence-electron chi connectivity index (χ0n) is 11.0. The lowest BCUT2D eigenvalue weighted by Gasteiger charge is -2.41. The van der Waals surface area contributed by atoms with Gasteiger partial charge in [-0.1, -0.05) is 30.9 Å². The third-order valence-electron chi connectivity index (χ3n) is 4.57. The summed E-state index contributed by atoms with van der Waals surface area (Å²) in [4.78, 5) is 18.5. The summed E-state index contributed by atoms with van der Waals surface area (Å²) >= 11 is 6.02. The Hall–Kier alpha value is -1.09. The second kappa shape index (κ2) is 5.49. The number of halogens is 1. The number of fused-ring (bicyclic) bond motifs is 1. The van der Waals surface area contributed by atoms with Crippen molar-refractivity contribution in [1.29, 1.82) is 0 Å². The van der Waals surface area contributed by atoms with Gasteiger partial charge >= 0.3 is 0 Å². The van der Waals surface area contributed by atoms with Gasteiger partial charge in [-0.2, -0.15) is 0 Å². The zero-order valence-corrected chi connectivity index (χ0v) is 11.8. The summed E-state index contributed by atoms with van der Waals surface area (Å²) in [6.45, 7) is 1.76. The molecule has 0 radical (unpaired) electrons. The van der Waals surface area contributed by atoms with Crippen molar-refractivity contribution in [2.45, 2.75) is 32.1 Å². The lowest BCUT2D eigenvalue weighted by molar-refractivity contribution is 0.0520. The zero-order chi connectivity index (χ0) is 13.2. The lowest BCUT2D eigenvalue weighted by Crippen LogP contribution is -2.44. The molecule has 2 atom stereocenters. The van der Waals surface area contributed by atoms with Gasteiger partial charge in [0.2, 0.25) is 0 Å². The highest BCUT2D eigenvalue weighted by atomic mass is 35.5. The molecule has 4 heteroatoms. The van der Waals surface area contributed by atoms with Crippen LogP contribution in [0.4, 0.5) is 0 Å². The van der Waals surface area contributed by atoms with Crippen LogP contribution in [-0.2, 0) is 0 Å². The molecule has 1 aliphatic heterocycles. The maximum absolute atomic E-state index is 12.5. The summed E-state index contributed by atoms with van der Waals surface area (Å²) in [5, 5.41) is 0.318. The molecule has 0 bridgehead atoms. The Labute approximate surface area is 119 Å². The van der Waals surface area contributed by atoms with Crippen molar-refractivity contribution >= 4 is 17.5 Å². The molecular formula is C15H19ClN2O. The summed E-state index contributed by atoms with van der Waals surface area (Å²) in [5.41, 5.74) is 0.540. The molecular weight excluding hydrogens is 260 g/mol. The van der Waals surface area contributed by atoms with E-state index in [2.05, 4.69) is 4.98 Å². The van der Waals surface area contributed by atoms with Crippen LogP contribution < -0.4 is 0 Å². The molecule has 3 nitrogen and oxygen atoms in total.